The molecule has 84 valence electrons. The van der Waals surface area contributed by atoms with Crippen LogP contribution in [0, 0.1) is 0 Å². The predicted molar refractivity (Wildman–Crippen MR) is 60.6 cm³/mol. The molecule has 0 fully saturated rings. The number of nitrogens with one attached hydrogen (secondary N) is 2. The van der Waals surface area contributed by atoms with Crippen molar-refractivity contribution >= 4 is 26.5 Å². The van der Waals surface area contributed by atoms with E-state index >= 15 is 0 Å². The molecule has 2 N–H and O–H groups in total. The number of hydrogen-bond donors (Lipinski definition) is 2. The molecule has 0 amide bonds. The standard InChI is InChI=1S/C8H13N3O2S2/c1-2-15(12,13)11-8-10-6-3-4-9-5-7(6)14-8/h9H,2-5H2,1H3,(H,10,11). The van der Waals surface area contributed by atoms with E-state index in [4.69, 9.17) is 0 Å². The Bertz CT molecular complexity index is 429. The summed E-state index contributed by atoms with van der Waals surface area (Å²) in [4.78, 5) is 5.41. The lowest BCUT2D eigenvalue weighted by atomic mass is 10.2. The van der Waals surface area contributed by atoms with Gasteiger partial charge in [0.2, 0.25) is 10.0 Å². The van der Waals surface area contributed by atoms with Gasteiger partial charge < -0.3 is 5.32 Å². The van der Waals surface area contributed by atoms with Crippen LogP contribution in [0.1, 0.15) is 17.5 Å². The number of rotatable bonds is 3. The van der Waals surface area contributed by atoms with Crippen LogP contribution < -0.4 is 10.0 Å². The molecule has 0 aromatic carbocycles. The molecule has 0 saturated carbocycles. The Morgan fingerprint density at radius 2 is 2.40 bits per heavy atom. The Kier molecular flexibility index (Phi) is 2.94. The first-order chi connectivity index (χ1) is 7.11. The summed E-state index contributed by atoms with van der Waals surface area (Å²) in [6.45, 7) is 3.31. The molecule has 2 heterocycles. The molecule has 1 aliphatic heterocycles. The maximum Gasteiger partial charge on any atom is 0.234 e. The summed E-state index contributed by atoms with van der Waals surface area (Å²) in [5, 5.41) is 3.72. The number of thiazole rings is 1. The van der Waals surface area contributed by atoms with E-state index in [-0.39, 0.29) is 5.75 Å². The van der Waals surface area contributed by atoms with Crippen LogP contribution in [0.15, 0.2) is 0 Å². The molecule has 7 heteroatoms. The van der Waals surface area contributed by atoms with Gasteiger partial charge in [-0.3, -0.25) is 4.72 Å². The van der Waals surface area contributed by atoms with Crippen molar-refractivity contribution < 1.29 is 8.42 Å². The van der Waals surface area contributed by atoms with Crippen molar-refractivity contribution in [1.29, 1.82) is 0 Å². The summed E-state index contributed by atoms with van der Waals surface area (Å²) < 4.78 is 25.1. The van der Waals surface area contributed by atoms with E-state index in [1.54, 1.807) is 6.92 Å². The van der Waals surface area contributed by atoms with E-state index in [0.717, 1.165) is 30.1 Å². The Morgan fingerprint density at radius 1 is 1.60 bits per heavy atom. The SMILES string of the molecule is CCS(=O)(=O)Nc1nc2c(s1)CNCC2. The quantitative estimate of drug-likeness (QED) is 0.818. The fourth-order valence-corrected chi connectivity index (χ4v) is 3.21. The number of fused-ring (bicyclic) bond motifs is 1. The van der Waals surface area contributed by atoms with Crippen LogP contribution in [-0.2, 0) is 23.0 Å². The van der Waals surface area contributed by atoms with Gasteiger partial charge in [-0.15, -0.1) is 0 Å². The topological polar surface area (TPSA) is 71.1 Å². The first-order valence-corrected chi connectivity index (χ1v) is 7.27. The van der Waals surface area contributed by atoms with Gasteiger partial charge in [0.25, 0.3) is 0 Å². The molecule has 0 unspecified atom stereocenters. The molecule has 0 radical (unpaired) electrons. The molecule has 2 rings (SSSR count). The van der Waals surface area contributed by atoms with Crippen LogP contribution in [0.25, 0.3) is 0 Å². The minimum atomic E-state index is -3.19. The van der Waals surface area contributed by atoms with Gasteiger partial charge in [0.1, 0.15) is 0 Å². The van der Waals surface area contributed by atoms with E-state index in [9.17, 15) is 8.42 Å². The van der Waals surface area contributed by atoms with Crippen molar-refractivity contribution in [3.8, 4) is 0 Å². The van der Waals surface area contributed by atoms with Crippen molar-refractivity contribution in [2.75, 3.05) is 17.0 Å². The van der Waals surface area contributed by atoms with E-state index in [1.165, 1.54) is 11.3 Å². The summed E-state index contributed by atoms with van der Waals surface area (Å²) in [5.41, 5.74) is 1.02. The van der Waals surface area contributed by atoms with Gasteiger partial charge in [-0.1, -0.05) is 11.3 Å². The van der Waals surface area contributed by atoms with Gasteiger partial charge in [-0.25, -0.2) is 13.4 Å². The lowest BCUT2D eigenvalue weighted by Crippen LogP contribution is -2.22. The van der Waals surface area contributed by atoms with Gasteiger partial charge in [0, 0.05) is 24.4 Å². The minimum Gasteiger partial charge on any atom is -0.311 e. The second kappa shape index (κ2) is 4.07. The maximum absolute atomic E-state index is 11.3. The third kappa shape index (κ3) is 2.47. The molecule has 0 aliphatic carbocycles. The van der Waals surface area contributed by atoms with Crippen molar-refractivity contribution in [2.24, 2.45) is 0 Å². The lowest BCUT2D eigenvalue weighted by molar-refractivity contribution is 0.602. The smallest absolute Gasteiger partial charge is 0.234 e. The van der Waals surface area contributed by atoms with Gasteiger partial charge >= 0.3 is 0 Å². The summed E-state index contributed by atoms with van der Waals surface area (Å²) in [5.74, 6) is 0.0789. The zero-order valence-electron chi connectivity index (χ0n) is 8.41. The summed E-state index contributed by atoms with van der Waals surface area (Å²) in [6.07, 6.45) is 0.875. The predicted octanol–water partition coefficient (Wildman–Crippen LogP) is 0.550. The molecule has 0 spiro atoms. The van der Waals surface area contributed by atoms with E-state index in [0.29, 0.717) is 5.13 Å². The highest BCUT2D eigenvalue weighted by atomic mass is 32.2. The fourth-order valence-electron chi connectivity index (χ4n) is 1.37. The largest absolute Gasteiger partial charge is 0.311 e. The van der Waals surface area contributed by atoms with E-state index in [1.807, 2.05) is 0 Å². The number of aromatic nitrogens is 1. The molecular weight excluding hydrogens is 234 g/mol. The van der Waals surface area contributed by atoms with Gasteiger partial charge in [0.15, 0.2) is 5.13 Å². The third-order valence-electron chi connectivity index (χ3n) is 2.23. The number of sulfonamides is 1. The Morgan fingerprint density at radius 3 is 3.07 bits per heavy atom. The Balaban J connectivity index is 2.20. The first-order valence-electron chi connectivity index (χ1n) is 4.80. The first kappa shape index (κ1) is 10.8. The molecule has 0 saturated heterocycles. The number of nitrogens with zero attached hydrogens (tertiary/aromatic N) is 1. The van der Waals surface area contributed by atoms with Crippen LogP contribution in [-0.4, -0.2) is 25.7 Å². The molecule has 1 aromatic heterocycles. The van der Waals surface area contributed by atoms with Crippen molar-refractivity contribution in [1.82, 2.24) is 10.3 Å². The average Bonchev–Trinajstić information content (AvgIpc) is 2.58. The highest BCUT2D eigenvalue weighted by Crippen LogP contribution is 2.25. The lowest BCUT2D eigenvalue weighted by Gasteiger charge is -2.09. The fraction of sp³-hybridized carbons (Fsp3) is 0.625. The van der Waals surface area contributed by atoms with Crippen LogP contribution in [0.2, 0.25) is 0 Å². The summed E-state index contributed by atoms with van der Waals surface area (Å²) in [7, 11) is -3.19. The third-order valence-corrected chi connectivity index (χ3v) is 4.63. The van der Waals surface area contributed by atoms with Crippen molar-refractivity contribution in [3.05, 3.63) is 10.6 Å². The highest BCUT2D eigenvalue weighted by molar-refractivity contribution is 7.92. The van der Waals surface area contributed by atoms with Gasteiger partial charge in [-0.05, 0) is 6.92 Å². The van der Waals surface area contributed by atoms with Crippen molar-refractivity contribution in [2.45, 2.75) is 19.9 Å². The van der Waals surface area contributed by atoms with Gasteiger partial charge in [0.05, 0.1) is 11.4 Å². The minimum absolute atomic E-state index is 0.0789. The van der Waals surface area contributed by atoms with E-state index in [2.05, 4.69) is 15.0 Å². The molecule has 0 atom stereocenters. The maximum atomic E-state index is 11.3. The molecular formula is C8H13N3O2S2. The monoisotopic (exact) mass is 247 g/mol. The second-order valence-electron chi connectivity index (χ2n) is 3.32. The van der Waals surface area contributed by atoms with Crippen LogP contribution in [0.4, 0.5) is 5.13 Å². The van der Waals surface area contributed by atoms with Crippen LogP contribution in [0.3, 0.4) is 0 Å². The number of hydrogen-bond acceptors (Lipinski definition) is 5. The molecule has 1 aliphatic rings. The van der Waals surface area contributed by atoms with Gasteiger partial charge in [-0.2, -0.15) is 0 Å². The van der Waals surface area contributed by atoms with E-state index < -0.39 is 10.0 Å². The molecule has 5 nitrogen and oxygen atoms in total. The number of anilines is 1. The zero-order chi connectivity index (χ0) is 10.9. The Hall–Kier alpha value is -0.660. The average molecular weight is 247 g/mol. The highest BCUT2D eigenvalue weighted by Gasteiger charge is 2.17. The normalized spacial score (nSPS) is 16.1. The summed E-state index contributed by atoms with van der Waals surface area (Å²) >= 11 is 1.41. The molecule has 0 bridgehead atoms. The summed E-state index contributed by atoms with van der Waals surface area (Å²) in [6, 6.07) is 0. The Labute approximate surface area is 93.0 Å². The second-order valence-corrected chi connectivity index (χ2v) is 6.42. The zero-order valence-corrected chi connectivity index (χ0v) is 10.0. The molecule has 15 heavy (non-hydrogen) atoms. The van der Waals surface area contributed by atoms with Crippen molar-refractivity contribution in [3.63, 3.8) is 0 Å². The van der Waals surface area contributed by atoms with Crippen LogP contribution >= 0.6 is 11.3 Å². The van der Waals surface area contributed by atoms with Crippen LogP contribution in [0.5, 0.6) is 0 Å². The molecule has 1 aromatic rings.